The molecular formula is C15H19NO4. The Morgan fingerprint density at radius 3 is 2.80 bits per heavy atom. The predicted octanol–water partition coefficient (Wildman–Crippen LogP) is 1.69. The SMILES string of the molecule is COc1cc(C(=O)OC[C@@]2(C)CNC(=O)C2)ccc1C. The molecule has 1 atom stereocenters. The minimum Gasteiger partial charge on any atom is -0.496 e. The fourth-order valence-corrected chi connectivity index (χ4v) is 2.20. The van der Waals surface area contributed by atoms with Crippen LogP contribution in [0.2, 0.25) is 0 Å². The summed E-state index contributed by atoms with van der Waals surface area (Å²) in [6.45, 7) is 4.59. The third kappa shape index (κ3) is 3.10. The molecule has 5 nitrogen and oxygen atoms in total. The Hall–Kier alpha value is -2.04. The third-order valence-corrected chi connectivity index (χ3v) is 3.50. The first-order chi connectivity index (χ1) is 9.43. The highest BCUT2D eigenvalue weighted by atomic mass is 16.5. The predicted molar refractivity (Wildman–Crippen MR) is 73.7 cm³/mol. The van der Waals surface area contributed by atoms with Crippen LogP contribution in [0, 0.1) is 12.3 Å². The molecule has 0 aliphatic carbocycles. The molecule has 1 fully saturated rings. The van der Waals surface area contributed by atoms with E-state index >= 15 is 0 Å². The van der Waals surface area contributed by atoms with Crippen LogP contribution in [0.5, 0.6) is 5.75 Å². The lowest BCUT2D eigenvalue weighted by Crippen LogP contribution is -2.27. The van der Waals surface area contributed by atoms with Gasteiger partial charge in [0.2, 0.25) is 5.91 Å². The zero-order chi connectivity index (χ0) is 14.8. The molecule has 1 aliphatic heterocycles. The van der Waals surface area contributed by atoms with Crippen LogP contribution < -0.4 is 10.1 Å². The maximum Gasteiger partial charge on any atom is 0.338 e. The Labute approximate surface area is 118 Å². The van der Waals surface area contributed by atoms with E-state index in [-0.39, 0.29) is 17.9 Å². The topological polar surface area (TPSA) is 64.6 Å². The van der Waals surface area contributed by atoms with Gasteiger partial charge in [-0.1, -0.05) is 13.0 Å². The highest BCUT2D eigenvalue weighted by molar-refractivity contribution is 5.90. The van der Waals surface area contributed by atoms with Crippen LogP contribution in [0.15, 0.2) is 18.2 Å². The summed E-state index contributed by atoms with van der Waals surface area (Å²) in [5, 5.41) is 2.75. The van der Waals surface area contributed by atoms with Gasteiger partial charge in [0.15, 0.2) is 0 Å². The molecule has 0 radical (unpaired) electrons. The molecule has 2 rings (SSSR count). The van der Waals surface area contributed by atoms with Crippen LogP contribution in [-0.4, -0.2) is 32.1 Å². The first-order valence-corrected chi connectivity index (χ1v) is 6.52. The van der Waals surface area contributed by atoms with E-state index in [1.54, 1.807) is 19.2 Å². The Morgan fingerprint density at radius 2 is 2.20 bits per heavy atom. The maximum absolute atomic E-state index is 12.0. The fraction of sp³-hybridized carbons (Fsp3) is 0.467. The van der Waals surface area contributed by atoms with Crippen molar-refractivity contribution >= 4 is 11.9 Å². The number of benzene rings is 1. The number of rotatable bonds is 4. The van der Waals surface area contributed by atoms with Gasteiger partial charge in [-0.15, -0.1) is 0 Å². The number of esters is 1. The molecular weight excluding hydrogens is 258 g/mol. The highest BCUT2D eigenvalue weighted by Crippen LogP contribution is 2.26. The first kappa shape index (κ1) is 14.4. The molecule has 1 N–H and O–H groups in total. The monoisotopic (exact) mass is 277 g/mol. The summed E-state index contributed by atoms with van der Waals surface area (Å²) < 4.78 is 10.5. The molecule has 1 aromatic carbocycles. The van der Waals surface area contributed by atoms with E-state index in [2.05, 4.69) is 5.32 Å². The van der Waals surface area contributed by atoms with Crippen molar-refractivity contribution in [1.82, 2.24) is 5.32 Å². The number of amides is 1. The zero-order valence-electron chi connectivity index (χ0n) is 12.0. The molecule has 108 valence electrons. The average molecular weight is 277 g/mol. The van der Waals surface area contributed by atoms with Crippen LogP contribution in [0.3, 0.4) is 0 Å². The van der Waals surface area contributed by atoms with E-state index in [1.807, 2.05) is 19.9 Å². The molecule has 1 saturated heterocycles. The second kappa shape index (κ2) is 5.53. The summed E-state index contributed by atoms with van der Waals surface area (Å²) in [5.41, 5.74) is 1.09. The molecule has 0 spiro atoms. The molecule has 0 bridgehead atoms. The summed E-state index contributed by atoms with van der Waals surface area (Å²) in [7, 11) is 1.56. The Bertz CT molecular complexity index is 541. The summed E-state index contributed by atoms with van der Waals surface area (Å²) in [6, 6.07) is 5.19. The molecule has 0 unspecified atom stereocenters. The van der Waals surface area contributed by atoms with Gasteiger partial charge in [0.05, 0.1) is 19.3 Å². The number of nitrogens with one attached hydrogen (secondary N) is 1. The van der Waals surface area contributed by atoms with Crippen molar-refractivity contribution in [3.63, 3.8) is 0 Å². The van der Waals surface area contributed by atoms with Gasteiger partial charge in [0.25, 0.3) is 0 Å². The summed E-state index contributed by atoms with van der Waals surface area (Å²) in [5.74, 6) is 0.257. The van der Waals surface area contributed by atoms with E-state index < -0.39 is 5.97 Å². The van der Waals surface area contributed by atoms with E-state index in [0.717, 1.165) is 5.56 Å². The Kier molecular flexibility index (Phi) is 3.97. The van der Waals surface area contributed by atoms with Crippen LogP contribution >= 0.6 is 0 Å². The van der Waals surface area contributed by atoms with Crippen molar-refractivity contribution < 1.29 is 19.1 Å². The molecule has 5 heteroatoms. The van der Waals surface area contributed by atoms with Gasteiger partial charge in [-0.3, -0.25) is 4.79 Å². The molecule has 1 heterocycles. The second-order valence-corrected chi connectivity index (χ2v) is 5.52. The van der Waals surface area contributed by atoms with Crippen LogP contribution in [0.1, 0.15) is 29.3 Å². The number of aryl methyl sites for hydroxylation is 1. The Morgan fingerprint density at radius 1 is 1.45 bits per heavy atom. The van der Waals surface area contributed by atoms with Crippen molar-refractivity contribution in [2.24, 2.45) is 5.41 Å². The Balaban J connectivity index is 2.00. The number of carbonyl (C=O) groups is 2. The highest BCUT2D eigenvalue weighted by Gasteiger charge is 2.35. The fourth-order valence-electron chi connectivity index (χ4n) is 2.20. The molecule has 20 heavy (non-hydrogen) atoms. The average Bonchev–Trinajstić information content (AvgIpc) is 2.77. The van der Waals surface area contributed by atoms with E-state index in [9.17, 15) is 9.59 Å². The number of carbonyl (C=O) groups excluding carboxylic acids is 2. The van der Waals surface area contributed by atoms with Crippen molar-refractivity contribution in [3.05, 3.63) is 29.3 Å². The molecule has 0 saturated carbocycles. The van der Waals surface area contributed by atoms with Gasteiger partial charge in [-0.05, 0) is 24.6 Å². The van der Waals surface area contributed by atoms with Gasteiger partial charge in [-0.2, -0.15) is 0 Å². The standard InChI is InChI=1S/C15H19NO4/c1-10-4-5-11(6-12(10)19-3)14(18)20-9-15(2)7-13(17)16-8-15/h4-6H,7-9H2,1-3H3,(H,16,17)/t15-/m1/s1. The molecule has 1 aromatic rings. The molecule has 1 amide bonds. The third-order valence-electron chi connectivity index (χ3n) is 3.50. The summed E-state index contributed by atoms with van der Waals surface area (Å²) in [6.07, 6.45) is 0.386. The van der Waals surface area contributed by atoms with E-state index in [4.69, 9.17) is 9.47 Å². The van der Waals surface area contributed by atoms with Crippen molar-refractivity contribution in [1.29, 1.82) is 0 Å². The molecule has 1 aliphatic rings. The number of hydrogen-bond donors (Lipinski definition) is 1. The van der Waals surface area contributed by atoms with Crippen molar-refractivity contribution in [2.75, 3.05) is 20.3 Å². The normalized spacial score (nSPS) is 21.4. The number of hydrogen-bond acceptors (Lipinski definition) is 4. The van der Waals surface area contributed by atoms with Gasteiger partial charge in [0.1, 0.15) is 5.75 Å². The van der Waals surface area contributed by atoms with Gasteiger partial charge < -0.3 is 14.8 Å². The van der Waals surface area contributed by atoms with Gasteiger partial charge in [-0.25, -0.2) is 4.79 Å². The first-order valence-electron chi connectivity index (χ1n) is 6.52. The summed E-state index contributed by atoms with van der Waals surface area (Å²) in [4.78, 5) is 23.2. The number of methoxy groups -OCH3 is 1. The second-order valence-electron chi connectivity index (χ2n) is 5.52. The van der Waals surface area contributed by atoms with Crippen LogP contribution in [0.4, 0.5) is 0 Å². The van der Waals surface area contributed by atoms with Crippen molar-refractivity contribution in [3.8, 4) is 5.75 Å². The lowest BCUT2D eigenvalue weighted by atomic mass is 9.91. The molecule has 0 aromatic heterocycles. The maximum atomic E-state index is 12.0. The smallest absolute Gasteiger partial charge is 0.338 e. The zero-order valence-corrected chi connectivity index (χ0v) is 12.0. The minimum atomic E-state index is -0.399. The van der Waals surface area contributed by atoms with Crippen LogP contribution in [0.25, 0.3) is 0 Å². The van der Waals surface area contributed by atoms with Crippen molar-refractivity contribution in [2.45, 2.75) is 20.3 Å². The lowest BCUT2D eigenvalue weighted by Gasteiger charge is -2.20. The van der Waals surface area contributed by atoms with E-state index in [1.165, 1.54) is 0 Å². The summed E-state index contributed by atoms with van der Waals surface area (Å²) >= 11 is 0. The van der Waals surface area contributed by atoms with Gasteiger partial charge >= 0.3 is 5.97 Å². The quantitative estimate of drug-likeness (QED) is 0.851. The largest absolute Gasteiger partial charge is 0.496 e. The van der Waals surface area contributed by atoms with Crippen LogP contribution in [-0.2, 0) is 9.53 Å². The van der Waals surface area contributed by atoms with Gasteiger partial charge in [0, 0.05) is 18.4 Å². The minimum absolute atomic E-state index is 0.000513. The lowest BCUT2D eigenvalue weighted by molar-refractivity contribution is -0.119. The van der Waals surface area contributed by atoms with E-state index in [0.29, 0.717) is 24.3 Å². The number of ether oxygens (including phenoxy) is 2.